The van der Waals surface area contributed by atoms with Crippen molar-refractivity contribution in [3.8, 4) is 0 Å². The van der Waals surface area contributed by atoms with Gasteiger partial charge in [-0.2, -0.15) is 0 Å². The zero-order chi connectivity index (χ0) is 19.9. The zero-order valence-electron chi connectivity index (χ0n) is 15.2. The summed E-state index contributed by atoms with van der Waals surface area (Å²) in [5, 5.41) is 7.22. The van der Waals surface area contributed by atoms with E-state index in [4.69, 9.17) is 10.5 Å². The van der Waals surface area contributed by atoms with Crippen LogP contribution in [0.4, 0.5) is 5.69 Å². The van der Waals surface area contributed by atoms with Crippen LogP contribution in [0.25, 0.3) is 0 Å². The molecule has 4 N–H and O–H groups in total. The molecule has 3 amide bonds. The van der Waals surface area contributed by atoms with Gasteiger partial charge in [-0.05, 0) is 35.7 Å². The fourth-order valence-corrected chi connectivity index (χ4v) is 3.82. The number of amides is 3. The molecule has 0 radical (unpaired) electrons. The predicted molar refractivity (Wildman–Crippen MR) is 106 cm³/mol. The third kappa shape index (κ3) is 5.16. The van der Waals surface area contributed by atoms with E-state index in [1.165, 1.54) is 24.3 Å². The Kier molecular flexibility index (Phi) is 6.75. The highest BCUT2D eigenvalue weighted by Gasteiger charge is 2.25. The second kappa shape index (κ2) is 9.45. The molecular weight excluding hydrogens is 380 g/mol. The molecule has 2 heterocycles. The van der Waals surface area contributed by atoms with Crippen LogP contribution < -0.4 is 16.4 Å². The Labute approximate surface area is 166 Å². The minimum atomic E-state index is -0.765. The number of nitrogens with zero attached hydrogens (tertiary/aromatic N) is 1. The van der Waals surface area contributed by atoms with Gasteiger partial charge in [-0.15, -0.1) is 11.3 Å². The Morgan fingerprint density at radius 2 is 1.82 bits per heavy atom. The Balaban J connectivity index is 1.57. The molecule has 28 heavy (non-hydrogen) atoms. The topological polar surface area (TPSA) is 114 Å². The number of benzene rings is 1. The number of ether oxygens (including phenoxy) is 1. The average molecular weight is 402 g/mol. The molecule has 9 heteroatoms. The van der Waals surface area contributed by atoms with E-state index in [1.54, 1.807) is 11.3 Å². The van der Waals surface area contributed by atoms with Crippen molar-refractivity contribution in [3.63, 3.8) is 0 Å². The molecule has 1 aromatic heterocycles. The third-order valence-corrected chi connectivity index (χ3v) is 5.42. The molecule has 0 spiro atoms. The van der Waals surface area contributed by atoms with Crippen LogP contribution in [-0.2, 0) is 14.3 Å². The van der Waals surface area contributed by atoms with Crippen LogP contribution in [0.2, 0.25) is 0 Å². The summed E-state index contributed by atoms with van der Waals surface area (Å²) in [5.41, 5.74) is 5.92. The normalized spacial score (nSPS) is 15.6. The van der Waals surface area contributed by atoms with Crippen LogP contribution in [0, 0.1) is 0 Å². The molecule has 0 bridgehead atoms. The average Bonchev–Trinajstić information content (AvgIpc) is 3.23. The molecule has 1 saturated heterocycles. The maximum atomic E-state index is 12.2. The summed E-state index contributed by atoms with van der Waals surface area (Å²) in [5.74, 6) is -2.04. The molecule has 148 valence electrons. The number of nitrogens with one attached hydrogen (secondary N) is 2. The minimum Gasteiger partial charge on any atom is -0.379 e. The van der Waals surface area contributed by atoms with E-state index in [9.17, 15) is 14.4 Å². The molecule has 1 atom stereocenters. The molecule has 0 saturated carbocycles. The maximum Gasteiger partial charge on any atom is 0.313 e. The lowest BCUT2D eigenvalue weighted by atomic mass is 10.2. The van der Waals surface area contributed by atoms with Crippen molar-refractivity contribution < 1.29 is 19.1 Å². The first-order valence-electron chi connectivity index (χ1n) is 8.89. The van der Waals surface area contributed by atoms with Crippen LogP contribution in [0.5, 0.6) is 0 Å². The van der Waals surface area contributed by atoms with Gasteiger partial charge in [0, 0.05) is 35.8 Å². The molecule has 8 nitrogen and oxygen atoms in total. The van der Waals surface area contributed by atoms with E-state index in [1.807, 2.05) is 17.5 Å². The van der Waals surface area contributed by atoms with E-state index in [0.29, 0.717) is 31.0 Å². The van der Waals surface area contributed by atoms with Gasteiger partial charge in [-0.1, -0.05) is 6.07 Å². The fourth-order valence-electron chi connectivity index (χ4n) is 2.95. The predicted octanol–water partition coefficient (Wildman–Crippen LogP) is 0.975. The van der Waals surface area contributed by atoms with Gasteiger partial charge < -0.3 is 21.1 Å². The Morgan fingerprint density at radius 3 is 2.43 bits per heavy atom. The van der Waals surface area contributed by atoms with Crippen molar-refractivity contribution in [1.29, 1.82) is 0 Å². The van der Waals surface area contributed by atoms with Gasteiger partial charge in [0.2, 0.25) is 5.91 Å². The maximum absolute atomic E-state index is 12.2. The number of thiophene rings is 1. The summed E-state index contributed by atoms with van der Waals surface area (Å²) in [6.07, 6.45) is 0. The molecule has 2 aromatic rings. The number of morpholine rings is 1. The standard InChI is InChI=1S/C19H22N4O4S/c20-17(24)13-3-5-14(6-4-13)22-19(26)18(25)21-12-15(16-2-1-11-28-16)23-7-9-27-10-8-23/h1-6,11,15H,7-10,12H2,(H2,20,24)(H,21,25)(H,22,26)/t15-/m0/s1. The van der Waals surface area contributed by atoms with Crippen LogP contribution in [-0.4, -0.2) is 55.5 Å². The summed E-state index contributed by atoms with van der Waals surface area (Å²) < 4.78 is 5.40. The second-order valence-corrected chi connectivity index (χ2v) is 7.26. The summed E-state index contributed by atoms with van der Waals surface area (Å²) in [4.78, 5) is 38.9. The lowest BCUT2D eigenvalue weighted by Gasteiger charge is -2.34. The quantitative estimate of drug-likeness (QED) is 0.623. The Morgan fingerprint density at radius 1 is 1.11 bits per heavy atom. The van der Waals surface area contributed by atoms with Gasteiger partial charge in [0.1, 0.15) is 0 Å². The number of rotatable bonds is 6. The molecule has 3 rings (SSSR count). The number of carbonyl (C=O) groups excluding carboxylic acids is 3. The van der Waals surface area contributed by atoms with Crippen molar-refractivity contribution in [2.24, 2.45) is 5.73 Å². The van der Waals surface area contributed by atoms with Crippen LogP contribution in [0.1, 0.15) is 21.3 Å². The number of carbonyl (C=O) groups is 3. The number of primary amides is 1. The van der Waals surface area contributed by atoms with Crippen LogP contribution >= 0.6 is 11.3 Å². The van der Waals surface area contributed by atoms with E-state index >= 15 is 0 Å². The van der Waals surface area contributed by atoms with Gasteiger partial charge in [-0.25, -0.2) is 0 Å². The van der Waals surface area contributed by atoms with Crippen molar-refractivity contribution >= 4 is 34.7 Å². The van der Waals surface area contributed by atoms with Crippen LogP contribution in [0.3, 0.4) is 0 Å². The van der Waals surface area contributed by atoms with E-state index in [-0.39, 0.29) is 6.04 Å². The van der Waals surface area contributed by atoms with Crippen LogP contribution in [0.15, 0.2) is 41.8 Å². The van der Waals surface area contributed by atoms with Gasteiger partial charge >= 0.3 is 11.8 Å². The number of anilines is 1. The Bertz CT molecular complexity index is 817. The summed E-state index contributed by atoms with van der Waals surface area (Å²) in [6, 6.07) is 10.0. The van der Waals surface area contributed by atoms with Crippen molar-refractivity contribution in [3.05, 3.63) is 52.2 Å². The van der Waals surface area contributed by atoms with Gasteiger partial charge in [0.25, 0.3) is 0 Å². The number of hydrogen-bond acceptors (Lipinski definition) is 6. The van der Waals surface area contributed by atoms with Gasteiger partial charge in [-0.3, -0.25) is 19.3 Å². The first kappa shape index (κ1) is 20.0. The summed E-state index contributed by atoms with van der Waals surface area (Å²) >= 11 is 1.62. The van der Waals surface area contributed by atoms with Gasteiger partial charge in [0.15, 0.2) is 0 Å². The fraction of sp³-hybridized carbons (Fsp3) is 0.316. The molecule has 0 unspecified atom stereocenters. The third-order valence-electron chi connectivity index (χ3n) is 4.45. The SMILES string of the molecule is NC(=O)c1ccc(NC(=O)C(=O)NC[C@@H](c2cccs2)N2CCOCC2)cc1. The second-order valence-electron chi connectivity index (χ2n) is 6.29. The lowest BCUT2D eigenvalue weighted by molar-refractivity contribution is -0.136. The number of nitrogens with two attached hydrogens (primary N) is 1. The summed E-state index contributed by atoms with van der Waals surface area (Å²) in [6.45, 7) is 3.18. The lowest BCUT2D eigenvalue weighted by Crippen LogP contribution is -2.45. The monoisotopic (exact) mass is 402 g/mol. The smallest absolute Gasteiger partial charge is 0.313 e. The first-order valence-corrected chi connectivity index (χ1v) is 9.77. The molecule has 0 aliphatic carbocycles. The highest BCUT2D eigenvalue weighted by Crippen LogP contribution is 2.25. The molecule has 1 fully saturated rings. The van der Waals surface area contributed by atoms with Crippen molar-refractivity contribution in [1.82, 2.24) is 10.2 Å². The van der Waals surface area contributed by atoms with E-state index in [2.05, 4.69) is 15.5 Å². The van der Waals surface area contributed by atoms with Gasteiger partial charge in [0.05, 0.1) is 19.3 Å². The minimum absolute atomic E-state index is 0.00417. The first-order chi connectivity index (χ1) is 13.5. The van der Waals surface area contributed by atoms with Crippen molar-refractivity contribution in [2.75, 3.05) is 38.2 Å². The highest BCUT2D eigenvalue weighted by molar-refractivity contribution is 7.10. The molecule has 1 aromatic carbocycles. The summed E-state index contributed by atoms with van der Waals surface area (Å²) in [7, 11) is 0. The highest BCUT2D eigenvalue weighted by atomic mass is 32.1. The molecule has 1 aliphatic rings. The Hall–Kier alpha value is -2.75. The van der Waals surface area contributed by atoms with E-state index < -0.39 is 17.7 Å². The zero-order valence-corrected chi connectivity index (χ0v) is 16.0. The van der Waals surface area contributed by atoms with Crippen molar-refractivity contribution in [2.45, 2.75) is 6.04 Å². The van der Waals surface area contributed by atoms with E-state index in [0.717, 1.165) is 18.0 Å². The number of hydrogen-bond donors (Lipinski definition) is 3. The largest absolute Gasteiger partial charge is 0.379 e. The molecule has 1 aliphatic heterocycles. The molecular formula is C19H22N4O4S.